The van der Waals surface area contributed by atoms with Crippen LogP contribution in [0, 0.1) is 0 Å². The molecule has 3 aromatic rings. The highest BCUT2D eigenvalue weighted by molar-refractivity contribution is 9.10. The Bertz CT molecular complexity index is 1200. The van der Waals surface area contributed by atoms with Crippen LogP contribution in [0.1, 0.15) is 23.0 Å². The maximum Gasteiger partial charge on any atom is 0.257 e. The van der Waals surface area contributed by atoms with E-state index in [0.29, 0.717) is 33.8 Å². The van der Waals surface area contributed by atoms with Gasteiger partial charge in [0, 0.05) is 11.3 Å². The summed E-state index contributed by atoms with van der Waals surface area (Å²) in [6.07, 6.45) is 1.47. The second kappa shape index (κ2) is 10.7. The van der Waals surface area contributed by atoms with Gasteiger partial charge in [-0.05, 0) is 89.7 Å². The first-order chi connectivity index (χ1) is 15.3. The predicted molar refractivity (Wildman–Crippen MR) is 128 cm³/mol. The summed E-state index contributed by atoms with van der Waals surface area (Å²) >= 11 is 8.55. The minimum atomic E-state index is -3.70. The molecular weight excluding hydrogens is 518 g/mol. The number of hydrogen-bond donors (Lipinski definition) is 3. The van der Waals surface area contributed by atoms with E-state index < -0.39 is 15.9 Å². The average molecular weight is 538 g/mol. The van der Waals surface area contributed by atoms with Crippen LogP contribution in [-0.2, 0) is 16.6 Å². The van der Waals surface area contributed by atoms with Crippen molar-refractivity contribution < 1.29 is 22.4 Å². The number of carbonyl (C=O) groups excluding carboxylic acids is 1. The van der Waals surface area contributed by atoms with Crippen LogP contribution < -0.4 is 20.1 Å². The second-order valence-corrected chi connectivity index (χ2v) is 9.44. The first-order valence-electron chi connectivity index (χ1n) is 9.45. The van der Waals surface area contributed by atoms with Crippen molar-refractivity contribution in [3.8, 4) is 5.75 Å². The van der Waals surface area contributed by atoms with E-state index in [4.69, 9.17) is 21.4 Å². The van der Waals surface area contributed by atoms with Crippen LogP contribution in [0.2, 0.25) is 0 Å². The maximum absolute atomic E-state index is 12.4. The number of benzene rings is 2. The molecule has 0 aliphatic heterocycles. The fourth-order valence-corrected chi connectivity index (χ4v) is 4.33. The number of carbonyl (C=O) groups is 1. The van der Waals surface area contributed by atoms with Gasteiger partial charge in [0.2, 0.25) is 10.0 Å². The smallest absolute Gasteiger partial charge is 0.257 e. The fraction of sp³-hybridized carbons (Fsp3) is 0.143. The van der Waals surface area contributed by atoms with Gasteiger partial charge >= 0.3 is 0 Å². The highest BCUT2D eigenvalue weighted by atomic mass is 79.9. The Morgan fingerprint density at radius 2 is 1.91 bits per heavy atom. The summed E-state index contributed by atoms with van der Waals surface area (Å²) in [5.74, 6) is 0.749. The Morgan fingerprint density at radius 3 is 2.53 bits per heavy atom. The lowest BCUT2D eigenvalue weighted by Crippen LogP contribution is -2.34. The molecule has 8 nitrogen and oxygen atoms in total. The molecule has 0 aliphatic rings. The number of rotatable bonds is 8. The summed E-state index contributed by atoms with van der Waals surface area (Å²) in [5, 5.41) is 5.51. The third-order valence-electron chi connectivity index (χ3n) is 4.16. The summed E-state index contributed by atoms with van der Waals surface area (Å²) in [4.78, 5) is 12.5. The number of amides is 1. The molecule has 0 radical (unpaired) electrons. The van der Waals surface area contributed by atoms with Crippen LogP contribution in [0.4, 0.5) is 5.69 Å². The number of nitrogens with one attached hydrogen (secondary N) is 3. The molecule has 0 spiro atoms. The molecule has 2 aromatic carbocycles. The summed E-state index contributed by atoms with van der Waals surface area (Å²) < 4.78 is 38.4. The molecule has 3 N–H and O–H groups in total. The van der Waals surface area contributed by atoms with Crippen molar-refractivity contribution in [1.29, 1.82) is 0 Å². The normalized spacial score (nSPS) is 11.1. The summed E-state index contributed by atoms with van der Waals surface area (Å²) in [6, 6.07) is 14.3. The van der Waals surface area contributed by atoms with Gasteiger partial charge in [0.1, 0.15) is 11.5 Å². The molecule has 3 rings (SSSR count). The van der Waals surface area contributed by atoms with Crippen LogP contribution in [-0.4, -0.2) is 26.0 Å². The van der Waals surface area contributed by atoms with Crippen LogP contribution >= 0.6 is 28.1 Å². The van der Waals surface area contributed by atoms with Crippen LogP contribution in [0.25, 0.3) is 0 Å². The van der Waals surface area contributed by atoms with Crippen LogP contribution in [0.3, 0.4) is 0 Å². The van der Waals surface area contributed by atoms with Crippen molar-refractivity contribution >= 4 is 54.9 Å². The first-order valence-corrected chi connectivity index (χ1v) is 12.1. The fourth-order valence-electron chi connectivity index (χ4n) is 2.63. The molecule has 0 aliphatic carbocycles. The molecule has 32 heavy (non-hydrogen) atoms. The van der Waals surface area contributed by atoms with Gasteiger partial charge in [-0.25, -0.2) is 13.1 Å². The molecule has 168 valence electrons. The monoisotopic (exact) mass is 537 g/mol. The van der Waals surface area contributed by atoms with E-state index in [-0.39, 0.29) is 16.6 Å². The summed E-state index contributed by atoms with van der Waals surface area (Å²) in [6.45, 7) is 2.43. The minimum absolute atomic E-state index is 0.0487. The zero-order chi connectivity index (χ0) is 23.1. The lowest BCUT2D eigenvalue weighted by molar-refractivity contribution is 0.0977. The standard InChI is InChI=1S/C21H20BrN3O5S2/c1-2-29-19-10-5-14(12-18(19)22)20(26)25-21(31)24-15-6-8-17(9-7-15)32(27,28)23-13-16-4-3-11-30-16/h3-12,23H,2,13H2,1H3,(H2,24,25,26,31). The number of hydrogen-bond acceptors (Lipinski definition) is 6. The molecule has 1 amide bonds. The molecule has 0 fully saturated rings. The Labute approximate surface area is 199 Å². The van der Waals surface area contributed by atoms with E-state index in [0.717, 1.165) is 0 Å². The lowest BCUT2D eigenvalue weighted by atomic mass is 10.2. The highest BCUT2D eigenvalue weighted by Crippen LogP contribution is 2.26. The van der Waals surface area contributed by atoms with Crippen molar-refractivity contribution in [3.63, 3.8) is 0 Å². The van der Waals surface area contributed by atoms with E-state index in [1.807, 2.05) is 6.92 Å². The van der Waals surface area contributed by atoms with E-state index in [1.54, 1.807) is 42.5 Å². The van der Waals surface area contributed by atoms with Gasteiger partial charge < -0.3 is 14.5 Å². The van der Waals surface area contributed by atoms with Gasteiger partial charge in [-0.2, -0.15) is 0 Å². The Balaban J connectivity index is 1.57. The molecular formula is C21H20BrN3O5S2. The molecule has 0 saturated heterocycles. The molecule has 0 saturated carbocycles. The number of anilines is 1. The Kier molecular flexibility index (Phi) is 8.02. The zero-order valence-electron chi connectivity index (χ0n) is 16.9. The molecule has 1 heterocycles. The Hall–Kier alpha value is -2.73. The van der Waals surface area contributed by atoms with Crippen molar-refractivity contribution in [3.05, 3.63) is 76.7 Å². The summed E-state index contributed by atoms with van der Waals surface area (Å²) in [7, 11) is -3.70. The Morgan fingerprint density at radius 1 is 1.16 bits per heavy atom. The quantitative estimate of drug-likeness (QED) is 0.372. The number of ether oxygens (including phenoxy) is 1. The molecule has 1 aromatic heterocycles. The number of furan rings is 1. The topological polar surface area (TPSA) is 110 Å². The van der Waals surface area contributed by atoms with Crippen molar-refractivity contribution in [1.82, 2.24) is 10.0 Å². The number of sulfonamides is 1. The SMILES string of the molecule is CCOc1ccc(C(=O)NC(=S)Nc2ccc(S(=O)(=O)NCc3ccco3)cc2)cc1Br. The van der Waals surface area contributed by atoms with Gasteiger partial charge in [-0.1, -0.05) is 0 Å². The maximum atomic E-state index is 12.4. The molecule has 0 unspecified atom stereocenters. The predicted octanol–water partition coefficient (Wildman–Crippen LogP) is 4.05. The lowest BCUT2D eigenvalue weighted by Gasteiger charge is -2.12. The number of halogens is 1. The van der Waals surface area contributed by atoms with Crippen LogP contribution in [0.15, 0.2) is 74.6 Å². The van der Waals surface area contributed by atoms with Crippen LogP contribution in [0.5, 0.6) is 5.75 Å². The van der Waals surface area contributed by atoms with Crippen molar-refractivity contribution in [2.45, 2.75) is 18.4 Å². The third kappa shape index (κ3) is 6.39. The largest absolute Gasteiger partial charge is 0.493 e. The summed E-state index contributed by atoms with van der Waals surface area (Å²) in [5.41, 5.74) is 0.918. The zero-order valence-corrected chi connectivity index (χ0v) is 20.1. The molecule has 0 atom stereocenters. The minimum Gasteiger partial charge on any atom is -0.493 e. The van der Waals surface area contributed by atoms with E-state index in [1.165, 1.54) is 18.4 Å². The molecule has 0 bridgehead atoms. The number of thiocarbonyl (C=S) groups is 1. The average Bonchev–Trinajstić information content (AvgIpc) is 3.28. The van der Waals surface area contributed by atoms with Gasteiger partial charge in [-0.15, -0.1) is 0 Å². The van der Waals surface area contributed by atoms with Gasteiger partial charge in [-0.3, -0.25) is 10.1 Å². The van der Waals surface area contributed by atoms with Crippen molar-refractivity contribution in [2.75, 3.05) is 11.9 Å². The second-order valence-electron chi connectivity index (χ2n) is 6.41. The van der Waals surface area contributed by atoms with Gasteiger partial charge in [0.25, 0.3) is 5.91 Å². The molecule has 11 heteroatoms. The van der Waals surface area contributed by atoms with E-state index in [9.17, 15) is 13.2 Å². The highest BCUT2D eigenvalue weighted by Gasteiger charge is 2.15. The first kappa shape index (κ1) is 23.9. The third-order valence-corrected chi connectivity index (χ3v) is 6.40. The van der Waals surface area contributed by atoms with Gasteiger partial charge in [0.15, 0.2) is 5.11 Å². The van der Waals surface area contributed by atoms with Gasteiger partial charge in [0.05, 0.1) is 28.8 Å². The van der Waals surface area contributed by atoms with Crippen molar-refractivity contribution in [2.24, 2.45) is 0 Å². The van der Waals surface area contributed by atoms with E-state index >= 15 is 0 Å². The van der Waals surface area contributed by atoms with E-state index in [2.05, 4.69) is 31.3 Å².